The third-order valence-electron chi connectivity index (χ3n) is 3.43. The molecule has 22 heavy (non-hydrogen) atoms. The summed E-state index contributed by atoms with van der Waals surface area (Å²) in [6.45, 7) is 4.99. The standard InChI is InChI=1S/C19H25NOS/c1-3-5-7-9-18-15-20-19(22-18)16-10-12-17(13-11-16)21-14-8-6-4-2/h6,8,10-13,15H,3-5,7,9,14H2,1-2H3. The largest absolute Gasteiger partial charge is 0.490 e. The third kappa shape index (κ3) is 5.30. The summed E-state index contributed by atoms with van der Waals surface area (Å²) in [7, 11) is 0. The molecule has 2 nitrogen and oxygen atoms in total. The number of aromatic nitrogens is 1. The molecule has 1 aromatic carbocycles. The highest BCUT2D eigenvalue weighted by atomic mass is 32.1. The van der Waals surface area contributed by atoms with Crippen LogP contribution in [0, 0.1) is 0 Å². The molecule has 0 radical (unpaired) electrons. The van der Waals surface area contributed by atoms with Crippen LogP contribution in [0.3, 0.4) is 0 Å². The van der Waals surface area contributed by atoms with Crippen molar-refractivity contribution in [2.24, 2.45) is 0 Å². The first-order valence-electron chi connectivity index (χ1n) is 8.16. The lowest BCUT2D eigenvalue weighted by Crippen LogP contribution is -1.92. The van der Waals surface area contributed by atoms with Crippen molar-refractivity contribution in [3.8, 4) is 16.3 Å². The van der Waals surface area contributed by atoms with Crippen LogP contribution in [-0.2, 0) is 6.42 Å². The summed E-state index contributed by atoms with van der Waals surface area (Å²) in [5.41, 5.74) is 1.17. The fourth-order valence-corrected chi connectivity index (χ4v) is 3.14. The van der Waals surface area contributed by atoms with E-state index < -0.39 is 0 Å². The lowest BCUT2D eigenvalue weighted by molar-refractivity contribution is 0.362. The maximum atomic E-state index is 5.67. The molecule has 0 unspecified atom stereocenters. The van der Waals surface area contributed by atoms with Crippen LogP contribution in [0.2, 0.25) is 0 Å². The van der Waals surface area contributed by atoms with Crippen molar-refractivity contribution in [1.82, 2.24) is 4.98 Å². The van der Waals surface area contributed by atoms with Gasteiger partial charge >= 0.3 is 0 Å². The zero-order valence-electron chi connectivity index (χ0n) is 13.5. The number of nitrogens with zero attached hydrogens (tertiary/aromatic N) is 1. The molecule has 0 amide bonds. The first-order chi connectivity index (χ1) is 10.8. The van der Waals surface area contributed by atoms with E-state index in [0.29, 0.717) is 6.61 Å². The van der Waals surface area contributed by atoms with Crippen LogP contribution in [-0.4, -0.2) is 11.6 Å². The van der Waals surface area contributed by atoms with Gasteiger partial charge in [-0.2, -0.15) is 0 Å². The summed E-state index contributed by atoms with van der Waals surface area (Å²) in [4.78, 5) is 5.93. The van der Waals surface area contributed by atoms with Crippen LogP contribution in [0.5, 0.6) is 5.75 Å². The second-order valence-corrected chi connectivity index (χ2v) is 6.42. The molecule has 0 saturated heterocycles. The molecule has 0 aliphatic carbocycles. The van der Waals surface area contributed by atoms with Crippen molar-refractivity contribution in [2.75, 3.05) is 6.61 Å². The highest BCUT2D eigenvalue weighted by Gasteiger charge is 2.05. The van der Waals surface area contributed by atoms with Gasteiger partial charge in [0.2, 0.25) is 0 Å². The second-order valence-electron chi connectivity index (χ2n) is 5.30. The number of thiazole rings is 1. The molecule has 3 heteroatoms. The summed E-state index contributed by atoms with van der Waals surface area (Å²) in [6.07, 6.45) is 12.2. The number of hydrogen-bond acceptors (Lipinski definition) is 3. The van der Waals surface area contributed by atoms with Gasteiger partial charge in [0.1, 0.15) is 17.4 Å². The Bertz CT molecular complexity index is 571. The predicted molar refractivity (Wildman–Crippen MR) is 95.7 cm³/mol. The quantitative estimate of drug-likeness (QED) is 0.425. The van der Waals surface area contributed by atoms with E-state index in [2.05, 4.69) is 43.1 Å². The average Bonchev–Trinajstić information content (AvgIpc) is 3.01. The molecule has 2 rings (SSSR count). The molecule has 0 saturated carbocycles. The lowest BCUT2D eigenvalue weighted by Gasteiger charge is -2.03. The molecule has 0 aliphatic heterocycles. The number of unbranched alkanes of at least 4 members (excludes halogenated alkanes) is 2. The van der Waals surface area contributed by atoms with Crippen LogP contribution in [0.4, 0.5) is 0 Å². The van der Waals surface area contributed by atoms with Crippen LogP contribution in [0.25, 0.3) is 10.6 Å². The summed E-state index contributed by atoms with van der Waals surface area (Å²) in [5, 5.41) is 1.10. The number of rotatable bonds is 9. The van der Waals surface area contributed by atoms with E-state index in [1.54, 1.807) is 11.3 Å². The highest BCUT2D eigenvalue weighted by Crippen LogP contribution is 2.27. The first kappa shape index (κ1) is 16.8. The molecule has 0 N–H and O–H groups in total. The van der Waals surface area contributed by atoms with Gasteiger partial charge in [-0.15, -0.1) is 11.3 Å². The number of aryl methyl sites for hydroxylation is 1. The number of hydrogen-bond donors (Lipinski definition) is 0. The molecule has 0 fully saturated rings. The monoisotopic (exact) mass is 315 g/mol. The SMILES string of the molecule is CCC=CCOc1ccc(-c2ncc(CCCCC)s2)cc1. The first-order valence-corrected chi connectivity index (χ1v) is 8.98. The molecule has 1 aromatic heterocycles. The number of allylic oxidation sites excluding steroid dienone is 1. The zero-order chi connectivity index (χ0) is 15.6. The maximum absolute atomic E-state index is 5.67. The summed E-state index contributed by atoms with van der Waals surface area (Å²) in [5.74, 6) is 0.907. The van der Waals surface area contributed by atoms with E-state index in [-0.39, 0.29) is 0 Å². The predicted octanol–water partition coefficient (Wildman–Crippen LogP) is 5.89. The van der Waals surface area contributed by atoms with E-state index in [1.165, 1.54) is 29.7 Å². The Labute approximate surface area is 137 Å². The lowest BCUT2D eigenvalue weighted by atomic mass is 10.2. The molecule has 0 spiro atoms. The van der Waals surface area contributed by atoms with E-state index in [0.717, 1.165) is 23.6 Å². The molecule has 0 bridgehead atoms. The number of ether oxygens (including phenoxy) is 1. The summed E-state index contributed by atoms with van der Waals surface area (Å²) < 4.78 is 5.67. The van der Waals surface area contributed by atoms with Crippen molar-refractivity contribution >= 4 is 11.3 Å². The van der Waals surface area contributed by atoms with Crippen molar-refractivity contribution in [3.63, 3.8) is 0 Å². The van der Waals surface area contributed by atoms with E-state index in [4.69, 9.17) is 4.74 Å². The molecule has 1 heterocycles. The molecule has 0 aliphatic rings. The van der Waals surface area contributed by atoms with Crippen molar-refractivity contribution in [3.05, 3.63) is 47.5 Å². The molecular weight excluding hydrogens is 290 g/mol. The molecule has 118 valence electrons. The van der Waals surface area contributed by atoms with Gasteiger partial charge in [-0.05, 0) is 43.5 Å². The van der Waals surface area contributed by atoms with E-state index >= 15 is 0 Å². The maximum Gasteiger partial charge on any atom is 0.123 e. The second kappa shape index (κ2) is 9.42. The molecule has 0 atom stereocenters. The van der Waals surface area contributed by atoms with E-state index in [9.17, 15) is 0 Å². The average molecular weight is 315 g/mol. The normalized spacial score (nSPS) is 11.2. The van der Waals surface area contributed by atoms with Crippen LogP contribution >= 0.6 is 11.3 Å². The summed E-state index contributed by atoms with van der Waals surface area (Å²) in [6, 6.07) is 8.22. The van der Waals surface area contributed by atoms with Gasteiger partial charge in [0.15, 0.2) is 0 Å². The molecular formula is C19H25NOS. The highest BCUT2D eigenvalue weighted by molar-refractivity contribution is 7.15. The van der Waals surface area contributed by atoms with Gasteiger partial charge in [0.05, 0.1) is 0 Å². The van der Waals surface area contributed by atoms with Gasteiger partial charge in [-0.3, -0.25) is 0 Å². The van der Waals surface area contributed by atoms with Crippen LogP contribution < -0.4 is 4.74 Å². The third-order valence-corrected chi connectivity index (χ3v) is 4.54. The minimum absolute atomic E-state index is 0.631. The minimum atomic E-state index is 0.631. The number of benzene rings is 1. The van der Waals surface area contributed by atoms with Crippen molar-refractivity contribution < 1.29 is 4.74 Å². The Balaban J connectivity index is 1.91. The smallest absolute Gasteiger partial charge is 0.123 e. The molecule has 2 aromatic rings. The van der Waals surface area contributed by atoms with Crippen LogP contribution in [0.1, 0.15) is 44.4 Å². The van der Waals surface area contributed by atoms with E-state index in [1.807, 2.05) is 18.3 Å². The van der Waals surface area contributed by atoms with Gasteiger partial charge in [-0.1, -0.05) is 38.8 Å². The Morgan fingerprint density at radius 2 is 1.91 bits per heavy atom. The van der Waals surface area contributed by atoms with Gasteiger partial charge in [-0.25, -0.2) is 4.98 Å². The van der Waals surface area contributed by atoms with Gasteiger partial charge in [0, 0.05) is 16.6 Å². The zero-order valence-corrected chi connectivity index (χ0v) is 14.4. The van der Waals surface area contributed by atoms with Gasteiger partial charge < -0.3 is 4.74 Å². The Hall–Kier alpha value is -1.61. The van der Waals surface area contributed by atoms with Crippen molar-refractivity contribution in [2.45, 2.75) is 46.0 Å². The fraction of sp³-hybridized carbons (Fsp3) is 0.421. The summed E-state index contributed by atoms with van der Waals surface area (Å²) >= 11 is 1.80. The Kier molecular flexibility index (Phi) is 7.17. The van der Waals surface area contributed by atoms with Crippen LogP contribution in [0.15, 0.2) is 42.6 Å². The fourth-order valence-electron chi connectivity index (χ4n) is 2.18. The minimum Gasteiger partial charge on any atom is -0.490 e. The van der Waals surface area contributed by atoms with Gasteiger partial charge in [0.25, 0.3) is 0 Å². The topological polar surface area (TPSA) is 22.1 Å². The van der Waals surface area contributed by atoms with Crippen molar-refractivity contribution in [1.29, 1.82) is 0 Å². The Morgan fingerprint density at radius 1 is 1.09 bits per heavy atom. The Morgan fingerprint density at radius 3 is 2.64 bits per heavy atom.